The molecule has 0 unspecified atom stereocenters. The molecule has 1 saturated heterocycles. The summed E-state index contributed by atoms with van der Waals surface area (Å²) < 4.78 is 5.57. The Morgan fingerprint density at radius 2 is 2.14 bits per heavy atom. The van der Waals surface area contributed by atoms with Gasteiger partial charge >= 0.3 is 0 Å². The zero-order chi connectivity index (χ0) is 10.0. The minimum absolute atomic E-state index is 0.213. The summed E-state index contributed by atoms with van der Waals surface area (Å²) in [6.45, 7) is 3.66. The molecule has 1 saturated carbocycles. The van der Waals surface area contributed by atoms with E-state index in [0.717, 1.165) is 19.6 Å². The number of aliphatic hydroxyl groups is 1. The minimum atomic E-state index is 0.213. The zero-order valence-electron chi connectivity index (χ0n) is 9.04. The van der Waals surface area contributed by atoms with E-state index in [-0.39, 0.29) is 5.60 Å². The Hall–Kier alpha value is -0.120. The molecule has 1 aliphatic carbocycles. The summed E-state index contributed by atoms with van der Waals surface area (Å²) in [6.07, 6.45) is 4.97. The predicted octanol–water partition coefficient (Wildman–Crippen LogP) is 0.870. The lowest BCUT2D eigenvalue weighted by atomic mass is 9.77. The second-order valence-electron chi connectivity index (χ2n) is 4.80. The first-order valence-electron chi connectivity index (χ1n) is 5.66. The number of hydrogen-bond acceptors (Lipinski definition) is 3. The van der Waals surface area contributed by atoms with Crippen LogP contribution in [0.1, 0.15) is 25.7 Å². The van der Waals surface area contributed by atoms with Gasteiger partial charge in [-0.15, -0.1) is 0 Å². The minimum Gasteiger partial charge on any atom is -0.396 e. The van der Waals surface area contributed by atoms with E-state index in [1.165, 1.54) is 25.7 Å². The highest BCUT2D eigenvalue weighted by molar-refractivity contribution is 4.91. The predicted molar refractivity (Wildman–Crippen MR) is 55.2 cm³/mol. The fraction of sp³-hybridized carbons (Fsp3) is 1.00. The van der Waals surface area contributed by atoms with Crippen LogP contribution in [0.2, 0.25) is 0 Å². The average Bonchev–Trinajstić information content (AvgIpc) is 2.06. The molecule has 14 heavy (non-hydrogen) atoms. The van der Waals surface area contributed by atoms with Crippen molar-refractivity contribution in [2.45, 2.75) is 31.3 Å². The summed E-state index contributed by atoms with van der Waals surface area (Å²) in [7, 11) is 1.84. The number of hydrogen-bond donors (Lipinski definition) is 1. The average molecular weight is 199 g/mol. The molecule has 0 amide bonds. The molecule has 0 bridgehead atoms. The maximum Gasteiger partial charge on any atom is 0.0691 e. The van der Waals surface area contributed by atoms with Gasteiger partial charge in [0.05, 0.1) is 5.60 Å². The molecular formula is C11H21NO2. The van der Waals surface area contributed by atoms with E-state index in [2.05, 4.69) is 4.90 Å². The Labute approximate surface area is 86.0 Å². The van der Waals surface area contributed by atoms with E-state index >= 15 is 0 Å². The number of rotatable bonds is 5. The normalized spacial score (nSPS) is 27.0. The highest BCUT2D eigenvalue weighted by Crippen LogP contribution is 2.38. The van der Waals surface area contributed by atoms with Gasteiger partial charge in [-0.2, -0.15) is 0 Å². The van der Waals surface area contributed by atoms with Gasteiger partial charge in [0.2, 0.25) is 0 Å². The highest BCUT2D eigenvalue weighted by atomic mass is 16.5. The van der Waals surface area contributed by atoms with Crippen LogP contribution in [0.4, 0.5) is 0 Å². The van der Waals surface area contributed by atoms with E-state index < -0.39 is 0 Å². The standard InChI is InChI=1S/C11H21NO2/c1-14-11(3-2-4-11)5-6-12-7-10(8-12)9-13/h10,13H,2-9H2,1H3. The van der Waals surface area contributed by atoms with Crippen molar-refractivity contribution in [3.05, 3.63) is 0 Å². The third-order valence-electron chi connectivity index (χ3n) is 3.87. The van der Waals surface area contributed by atoms with Gasteiger partial charge in [-0.05, 0) is 25.7 Å². The van der Waals surface area contributed by atoms with Crippen molar-refractivity contribution in [1.82, 2.24) is 4.90 Å². The summed E-state index contributed by atoms with van der Waals surface area (Å²) in [5.74, 6) is 0.537. The van der Waals surface area contributed by atoms with Gasteiger partial charge in [-0.1, -0.05) is 0 Å². The lowest BCUT2D eigenvalue weighted by molar-refractivity contribution is -0.0878. The third kappa shape index (κ3) is 1.95. The lowest BCUT2D eigenvalue weighted by Gasteiger charge is -2.44. The van der Waals surface area contributed by atoms with Crippen LogP contribution in [0.25, 0.3) is 0 Å². The first kappa shape index (κ1) is 10.4. The SMILES string of the molecule is COC1(CCN2CC(CO)C2)CCC1. The molecule has 0 atom stereocenters. The number of ether oxygens (including phenoxy) is 1. The van der Waals surface area contributed by atoms with Gasteiger partial charge in [0.25, 0.3) is 0 Å². The molecule has 1 N–H and O–H groups in total. The molecule has 0 radical (unpaired) electrons. The molecule has 0 aromatic heterocycles. The smallest absolute Gasteiger partial charge is 0.0691 e. The number of methoxy groups -OCH3 is 1. The first-order chi connectivity index (χ1) is 6.78. The molecule has 1 heterocycles. The van der Waals surface area contributed by atoms with Gasteiger partial charge in [0.1, 0.15) is 0 Å². The second-order valence-corrected chi connectivity index (χ2v) is 4.80. The molecular weight excluding hydrogens is 178 g/mol. The molecule has 0 aromatic rings. The van der Waals surface area contributed by atoms with Crippen LogP contribution in [-0.2, 0) is 4.74 Å². The van der Waals surface area contributed by atoms with Crippen LogP contribution in [0.3, 0.4) is 0 Å². The zero-order valence-corrected chi connectivity index (χ0v) is 9.04. The van der Waals surface area contributed by atoms with Gasteiger partial charge in [-0.25, -0.2) is 0 Å². The van der Waals surface area contributed by atoms with E-state index in [4.69, 9.17) is 9.84 Å². The van der Waals surface area contributed by atoms with Crippen molar-refractivity contribution in [2.75, 3.05) is 33.4 Å². The topological polar surface area (TPSA) is 32.7 Å². The summed E-state index contributed by atoms with van der Waals surface area (Å²) >= 11 is 0. The van der Waals surface area contributed by atoms with Gasteiger partial charge < -0.3 is 14.7 Å². The summed E-state index contributed by atoms with van der Waals surface area (Å²) in [4.78, 5) is 2.42. The number of aliphatic hydroxyl groups excluding tert-OH is 1. The first-order valence-corrected chi connectivity index (χ1v) is 5.66. The van der Waals surface area contributed by atoms with Crippen LogP contribution in [0.15, 0.2) is 0 Å². The molecule has 2 aliphatic rings. The Bertz CT molecular complexity index is 180. The van der Waals surface area contributed by atoms with Crippen LogP contribution >= 0.6 is 0 Å². The molecule has 3 heteroatoms. The summed E-state index contributed by atoms with van der Waals surface area (Å²) in [6, 6.07) is 0. The monoisotopic (exact) mass is 199 g/mol. The van der Waals surface area contributed by atoms with E-state index in [1.54, 1.807) is 0 Å². The Kier molecular flexibility index (Phi) is 3.10. The van der Waals surface area contributed by atoms with Crippen molar-refractivity contribution in [3.63, 3.8) is 0 Å². The fourth-order valence-electron chi connectivity index (χ4n) is 2.46. The van der Waals surface area contributed by atoms with Crippen molar-refractivity contribution in [1.29, 1.82) is 0 Å². The van der Waals surface area contributed by atoms with Crippen molar-refractivity contribution in [2.24, 2.45) is 5.92 Å². The number of likely N-dealkylation sites (tertiary alicyclic amines) is 1. The molecule has 82 valence electrons. The van der Waals surface area contributed by atoms with Crippen LogP contribution in [0, 0.1) is 5.92 Å². The van der Waals surface area contributed by atoms with Crippen molar-refractivity contribution < 1.29 is 9.84 Å². The van der Waals surface area contributed by atoms with Crippen molar-refractivity contribution in [3.8, 4) is 0 Å². The second kappa shape index (κ2) is 4.17. The Balaban J connectivity index is 1.63. The lowest BCUT2D eigenvalue weighted by Crippen LogP contribution is -2.51. The Morgan fingerprint density at radius 1 is 1.43 bits per heavy atom. The number of nitrogens with zero attached hydrogens (tertiary/aromatic N) is 1. The Morgan fingerprint density at radius 3 is 2.57 bits per heavy atom. The molecule has 0 spiro atoms. The third-order valence-corrected chi connectivity index (χ3v) is 3.87. The maximum atomic E-state index is 8.88. The molecule has 2 rings (SSSR count). The summed E-state index contributed by atoms with van der Waals surface area (Å²) in [5, 5.41) is 8.88. The molecule has 0 aromatic carbocycles. The van der Waals surface area contributed by atoms with Gasteiger partial charge in [0.15, 0.2) is 0 Å². The van der Waals surface area contributed by atoms with E-state index in [1.807, 2.05) is 7.11 Å². The van der Waals surface area contributed by atoms with E-state index in [9.17, 15) is 0 Å². The van der Waals surface area contributed by atoms with Gasteiger partial charge in [-0.3, -0.25) is 0 Å². The molecule has 3 nitrogen and oxygen atoms in total. The fourth-order valence-corrected chi connectivity index (χ4v) is 2.46. The van der Waals surface area contributed by atoms with Crippen LogP contribution in [0.5, 0.6) is 0 Å². The summed E-state index contributed by atoms with van der Waals surface area (Å²) in [5.41, 5.74) is 0.213. The quantitative estimate of drug-likeness (QED) is 0.713. The largest absolute Gasteiger partial charge is 0.396 e. The van der Waals surface area contributed by atoms with Crippen LogP contribution in [-0.4, -0.2) is 49.0 Å². The maximum absolute atomic E-state index is 8.88. The highest BCUT2D eigenvalue weighted by Gasteiger charge is 2.38. The van der Waals surface area contributed by atoms with Crippen LogP contribution < -0.4 is 0 Å². The molecule has 2 fully saturated rings. The van der Waals surface area contributed by atoms with E-state index in [0.29, 0.717) is 12.5 Å². The molecule has 1 aliphatic heterocycles. The van der Waals surface area contributed by atoms with Crippen molar-refractivity contribution >= 4 is 0 Å². The van der Waals surface area contributed by atoms with Gasteiger partial charge in [0, 0.05) is 39.3 Å².